The first-order chi connectivity index (χ1) is 12.3. The highest BCUT2D eigenvalue weighted by atomic mass is 79.9. The standard InChI is InChI=1S/C17H18BrN3O4S/c1-11-4-6-13(7-5-11)26(24,25)21-8-2-3-15(21)17(23)20-14-9-12(18)10-19-16(14)22/h4-7,9-10,15H,2-3,8H2,1H3,(H,19,22)(H,20,23)/t15-/m0/s1. The molecule has 1 aliphatic rings. The van der Waals surface area contributed by atoms with E-state index in [2.05, 4.69) is 26.2 Å². The Morgan fingerprint density at radius 2 is 2.00 bits per heavy atom. The summed E-state index contributed by atoms with van der Waals surface area (Å²) in [7, 11) is -3.78. The summed E-state index contributed by atoms with van der Waals surface area (Å²) in [6.07, 6.45) is 2.45. The van der Waals surface area contributed by atoms with E-state index in [1.54, 1.807) is 12.1 Å². The first kappa shape index (κ1) is 18.8. The predicted molar refractivity (Wildman–Crippen MR) is 101 cm³/mol. The van der Waals surface area contributed by atoms with Crippen molar-refractivity contribution in [1.82, 2.24) is 9.29 Å². The molecule has 1 saturated heterocycles. The van der Waals surface area contributed by atoms with E-state index < -0.39 is 27.5 Å². The highest BCUT2D eigenvalue weighted by Gasteiger charge is 2.39. The van der Waals surface area contributed by atoms with Crippen molar-refractivity contribution in [1.29, 1.82) is 0 Å². The Kier molecular flexibility index (Phi) is 5.31. The van der Waals surface area contributed by atoms with Gasteiger partial charge in [-0.1, -0.05) is 17.7 Å². The van der Waals surface area contributed by atoms with Crippen LogP contribution in [0.5, 0.6) is 0 Å². The fourth-order valence-electron chi connectivity index (χ4n) is 2.90. The lowest BCUT2D eigenvalue weighted by molar-refractivity contribution is -0.119. The average molecular weight is 440 g/mol. The van der Waals surface area contributed by atoms with Gasteiger partial charge in [-0.25, -0.2) is 8.42 Å². The highest BCUT2D eigenvalue weighted by Crippen LogP contribution is 2.27. The zero-order valence-corrected chi connectivity index (χ0v) is 16.4. The number of nitrogens with one attached hydrogen (secondary N) is 2. The van der Waals surface area contributed by atoms with Crippen LogP contribution in [0.25, 0.3) is 0 Å². The molecule has 7 nitrogen and oxygen atoms in total. The lowest BCUT2D eigenvalue weighted by Gasteiger charge is -2.23. The van der Waals surface area contributed by atoms with Gasteiger partial charge in [0, 0.05) is 17.2 Å². The van der Waals surface area contributed by atoms with Crippen molar-refractivity contribution in [2.45, 2.75) is 30.7 Å². The third-order valence-corrected chi connectivity index (χ3v) is 6.64. The number of amides is 1. The third kappa shape index (κ3) is 3.74. The molecule has 2 N–H and O–H groups in total. The fourth-order valence-corrected chi connectivity index (χ4v) is 4.90. The number of hydrogen-bond donors (Lipinski definition) is 2. The van der Waals surface area contributed by atoms with Crippen molar-refractivity contribution in [3.8, 4) is 0 Å². The Balaban J connectivity index is 1.85. The maximum absolute atomic E-state index is 12.9. The molecule has 1 aliphatic heterocycles. The molecule has 3 rings (SSSR count). The van der Waals surface area contributed by atoms with Gasteiger partial charge in [-0.2, -0.15) is 4.31 Å². The van der Waals surface area contributed by atoms with E-state index in [1.807, 2.05) is 6.92 Å². The van der Waals surface area contributed by atoms with Crippen LogP contribution >= 0.6 is 15.9 Å². The van der Waals surface area contributed by atoms with Crippen LogP contribution in [-0.4, -0.2) is 36.2 Å². The van der Waals surface area contributed by atoms with Crippen molar-refractivity contribution in [3.05, 3.63) is 56.9 Å². The summed E-state index contributed by atoms with van der Waals surface area (Å²) < 4.78 is 27.6. The molecule has 26 heavy (non-hydrogen) atoms. The third-order valence-electron chi connectivity index (χ3n) is 4.26. The summed E-state index contributed by atoms with van der Waals surface area (Å²) in [6.45, 7) is 2.14. The molecule has 0 aliphatic carbocycles. The van der Waals surface area contributed by atoms with Crippen LogP contribution in [-0.2, 0) is 14.8 Å². The topological polar surface area (TPSA) is 99.3 Å². The van der Waals surface area contributed by atoms with Crippen LogP contribution in [0.4, 0.5) is 5.69 Å². The molecule has 0 radical (unpaired) electrons. The smallest absolute Gasteiger partial charge is 0.271 e. The number of benzene rings is 1. The van der Waals surface area contributed by atoms with Gasteiger partial charge in [0.25, 0.3) is 5.56 Å². The summed E-state index contributed by atoms with van der Waals surface area (Å²) >= 11 is 3.22. The van der Waals surface area contributed by atoms with E-state index in [-0.39, 0.29) is 17.1 Å². The molecule has 1 amide bonds. The van der Waals surface area contributed by atoms with Crippen LogP contribution in [0.3, 0.4) is 0 Å². The van der Waals surface area contributed by atoms with E-state index >= 15 is 0 Å². The van der Waals surface area contributed by atoms with Gasteiger partial charge < -0.3 is 10.3 Å². The SMILES string of the molecule is Cc1ccc(S(=O)(=O)N2CCC[C@H]2C(=O)Nc2cc(Br)c[nH]c2=O)cc1. The number of aromatic nitrogens is 1. The second-order valence-electron chi connectivity index (χ2n) is 6.14. The van der Waals surface area contributed by atoms with Crippen molar-refractivity contribution in [2.24, 2.45) is 0 Å². The van der Waals surface area contributed by atoms with E-state index in [1.165, 1.54) is 28.7 Å². The number of nitrogens with zero attached hydrogens (tertiary/aromatic N) is 1. The quantitative estimate of drug-likeness (QED) is 0.762. The molecule has 9 heteroatoms. The first-order valence-corrected chi connectivity index (χ1v) is 10.3. The van der Waals surface area contributed by atoms with Gasteiger partial charge in [-0.05, 0) is 53.9 Å². The van der Waals surface area contributed by atoms with Gasteiger partial charge in [-0.15, -0.1) is 0 Å². The van der Waals surface area contributed by atoms with Crippen LogP contribution < -0.4 is 10.9 Å². The summed E-state index contributed by atoms with van der Waals surface area (Å²) in [6, 6.07) is 7.15. The minimum atomic E-state index is -3.78. The monoisotopic (exact) mass is 439 g/mol. The number of H-pyrrole nitrogens is 1. The van der Waals surface area contributed by atoms with Gasteiger partial charge in [-0.3, -0.25) is 9.59 Å². The number of aryl methyl sites for hydroxylation is 1. The van der Waals surface area contributed by atoms with Crippen LogP contribution in [0, 0.1) is 6.92 Å². The summed E-state index contributed by atoms with van der Waals surface area (Å²) in [5.74, 6) is -0.512. The Labute approximate surface area is 159 Å². The number of rotatable bonds is 4. The molecule has 1 fully saturated rings. The molecule has 1 aromatic heterocycles. The molecule has 2 aromatic rings. The Bertz CT molecular complexity index is 986. The van der Waals surface area contributed by atoms with E-state index in [0.29, 0.717) is 17.3 Å². The molecule has 0 saturated carbocycles. The molecular formula is C17H18BrN3O4S. The average Bonchev–Trinajstić information content (AvgIpc) is 3.09. The highest BCUT2D eigenvalue weighted by molar-refractivity contribution is 9.10. The van der Waals surface area contributed by atoms with E-state index in [0.717, 1.165) is 5.56 Å². The van der Waals surface area contributed by atoms with Gasteiger partial charge in [0.05, 0.1) is 4.90 Å². The van der Waals surface area contributed by atoms with Gasteiger partial charge >= 0.3 is 0 Å². The minimum Gasteiger partial charge on any atom is -0.326 e. The summed E-state index contributed by atoms with van der Waals surface area (Å²) in [5.41, 5.74) is 0.574. The molecule has 0 bridgehead atoms. The molecule has 1 aromatic carbocycles. The van der Waals surface area contributed by atoms with Crippen molar-refractivity contribution in [3.63, 3.8) is 0 Å². The second-order valence-corrected chi connectivity index (χ2v) is 8.94. The number of anilines is 1. The normalized spacial score (nSPS) is 18.0. The van der Waals surface area contributed by atoms with Crippen molar-refractivity contribution < 1.29 is 13.2 Å². The first-order valence-electron chi connectivity index (χ1n) is 8.06. The maximum Gasteiger partial charge on any atom is 0.271 e. The predicted octanol–water partition coefficient (Wildman–Crippen LogP) is 2.24. The molecule has 2 heterocycles. The Morgan fingerprint density at radius 1 is 1.31 bits per heavy atom. The number of carbonyl (C=O) groups is 1. The summed E-state index contributed by atoms with van der Waals surface area (Å²) in [5, 5.41) is 2.54. The van der Waals surface area contributed by atoms with Crippen LogP contribution in [0.2, 0.25) is 0 Å². The zero-order chi connectivity index (χ0) is 18.9. The Hall–Kier alpha value is -1.97. The van der Waals surface area contributed by atoms with Crippen molar-refractivity contribution >= 4 is 37.5 Å². The molecule has 0 unspecified atom stereocenters. The molecular weight excluding hydrogens is 422 g/mol. The number of aromatic amines is 1. The van der Waals surface area contributed by atoms with Gasteiger partial charge in [0.1, 0.15) is 11.7 Å². The summed E-state index contributed by atoms with van der Waals surface area (Å²) in [4.78, 5) is 27.1. The molecule has 1 atom stereocenters. The second kappa shape index (κ2) is 7.34. The minimum absolute atomic E-state index is 0.0731. The fraction of sp³-hybridized carbons (Fsp3) is 0.294. The number of halogens is 1. The number of carbonyl (C=O) groups excluding carboxylic acids is 1. The van der Waals surface area contributed by atoms with E-state index in [4.69, 9.17) is 0 Å². The molecule has 138 valence electrons. The molecule has 0 spiro atoms. The van der Waals surface area contributed by atoms with E-state index in [9.17, 15) is 18.0 Å². The zero-order valence-electron chi connectivity index (χ0n) is 14.0. The van der Waals surface area contributed by atoms with Gasteiger partial charge in [0.2, 0.25) is 15.9 Å². The maximum atomic E-state index is 12.9. The lowest BCUT2D eigenvalue weighted by atomic mass is 10.2. The number of sulfonamides is 1. The lowest BCUT2D eigenvalue weighted by Crippen LogP contribution is -2.43. The van der Waals surface area contributed by atoms with Crippen LogP contribution in [0.15, 0.2) is 50.7 Å². The van der Waals surface area contributed by atoms with Crippen LogP contribution in [0.1, 0.15) is 18.4 Å². The number of hydrogen-bond acceptors (Lipinski definition) is 4. The number of pyridine rings is 1. The largest absolute Gasteiger partial charge is 0.326 e. The van der Waals surface area contributed by atoms with Gasteiger partial charge in [0.15, 0.2) is 0 Å². The Morgan fingerprint density at radius 3 is 2.69 bits per heavy atom. The van der Waals surface area contributed by atoms with Crippen molar-refractivity contribution in [2.75, 3.05) is 11.9 Å².